The van der Waals surface area contributed by atoms with Gasteiger partial charge in [0.05, 0.1) is 35.8 Å². The monoisotopic (exact) mass is 598 g/mol. The molecule has 36 heavy (non-hydrogen) atoms. The van der Waals surface area contributed by atoms with Crippen LogP contribution < -0.4 is 4.90 Å². The van der Waals surface area contributed by atoms with Crippen LogP contribution in [0.15, 0.2) is 36.9 Å². The summed E-state index contributed by atoms with van der Waals surface area (Å²) < 4.78 is 4.58. The minimum atomic E-state index is -0.861. The number of ether oxygens (including phenoxy) is 1. The number of alkyl halides is 1. The highest BCUT2D eigenvalue weighted by atomic mass is 79.9. The Morgan fingerprint density at radius 1 is 1.39 bits per heavy atom. The minimum absolute atomic E-state index is 0.0498. The molecule has 2 bridgehead atoms. The fraction of sp³-hybridized carbons (Fsp3) is 0.577. The molecule has 3 fully saturated rings. The molecule has 196 valence electrons. The van der Waals surface area contributed by atoms with Gasteiger partial charge in [-0.3, -0.25) is 14.4 Å². The number of rotatable bonds is 9. The van der Waals surface area contributed by atoms with E-state index in [1.165, 1.54) is 0 Å². The first-order valence-electron chi connectivity index (χ1n) is 12.2. The number of carbonyl (C=O) groups is 3. The SMILES string of the molecule is C=CCN(C(=O)C1N([C@@H](CO)C(C)C)C(=O)[C@@H]2[C@@H](C(=O)OCC)[C@@H]3SC12CC3Br)c1ccc(Cl)cc1. The van der Waals surface area contributed by atoms with E-state index in [0.29, 0.717) is 17.1 Å². The van der Waals surface area contributed by atoms with E-state index in [4.69, 9.17) is 16.3 Å². The van der Waals surface area contributed by atoms with E-state index in [1.807, 2.05) is 13.8 Å². The molecule has 1 aromatic rings. The number of likely N-dealkylation sites (tertiary alicyclic amines) is 1. The van der Waals surface area contributed by atoms with Gasteiger partial charge >= 0.3 is 5.97 Å². The quantitative estimate of drug-likeness (QED) is 0.263. The lowest BCUT2D eigenvalue weighted by Crippen LogP contribution is -2.59. The van der Waals surface area contributed by atoms with Crippen molar-refractivity contribution in [2.75, 3.05) is 24.7 Å². The summed E-state index contributed by atoms with van der Waals surface area (Å²) in [5.74, 6) is -2.38. The van der Waals surface area contributed by atoms with Crippen molar-refractivity contribution in [3.63, 3.8) is 0 Å². The van der Waals surface area contributed by atoms with Crippen LogP contribution in [-0.2, 0) is 19.1 Å². The van der Waals surface area contributed by atoms with Crippen molar-refractivity contribution in [2.24, 2.45) is 17.8 Å². The number of aliphatic hydroxyl groups excluding tert-OH is 1. The minimum Gasteiger partial charge on any atom is -0.466 e. The standard InChI is InChI=1S/C26H32BrClN2O5S/c1-5-11-29(16-9-7-15(28)8-10-16)24(33)22-26-12-17(27)21(36-26)19(25(34)35-6-2)20(26)23(32)30(22)18(13-31)14(3)4/h5,7-10,14,17-22,31H,1,6,11-13H2,2-4H3/t17?,18-,19+,20-,21+,22?,26?/m0/s1. The third-order valence-electron chi connectivity index (χ3n) is 7.55. The Morgan fingerprint density at radius 3 is 2.61 bits per heavy atom. The number of halogens is 2. The largest absolute Gasteiger partial charge is 0.466 e. The number of hydrogen-bond donors (Lipinski definition) is 1. The van der Waals surface area contributed by atoms with Crippen LogP contribution in [0.5, 0.6) is 0 Å². The Bertz CT molecular complexity index is 1040. The van der Waals surface area contributed by atoms with Crippen molar-refractivity contribution >= 4 is 62.8 Å². The Labute approximate surface area is 229 Å². The van der Waals surface area contributed by atoms with Crippen LogP contribution in [0.1, 0.15) is 27.2 Å². The number of carbonyl (C=O) groups excluding carboxylic acids is 3. The molecule has 7 atom stereocenters. The van der Waals surface area contributed by atoms with E-state index in [0.717, 1.165) is 0 Å². The average Bonchev–Trinajstić information content (AvgIpc) is 3.42. The molecule has 1 aromatic carbocycles. The van der Waals surface area contributed by atoms with Gasteiger partial charge in [-0.2, -0.15) is 0 Å². The van der Waals surface area contributed by atoms with Gasteiger partial charge in [-0.15, -0.1) is 18.3 Å². The van der Waals surface area contributed by atoms with E-state index < -0.39 is 34.6 Å². The Morgan fingerprint density at radius 2 is 2.06 bits per heavy atom. The Hall–Kier alpha value is -1.55. The van der Waals surface area contributed by atoms with Gasteiger partial charge in [-0.05, 0) is 43.5 Å². The first-order valence-corrected chi connectivity index (χ1v) is 14.4. The van der Waals surface area contributed by atoms with Gasteiger partial charge in [0.2, 0.25) is 5.91 Å². The van der Waals surface area contributed by atoms with Crippen molar-refractivity contribution in [3.05, 3.63) is 41.9 Å². The highest BCUT2D eigenvalue weighted by Gasteiger charge is 2.76. The molecule has 7 nitrogen and oxygen atoms in total. The first-order chi connectivity index (χ1) is 17.1. The number of fused-ring (bicyclic) bond motifs is 1. The zero-order valence-corrected chi connectivity index (χ0v) is 23.8. The number of hydrogen-bond acceptors (Lipinski definition) is 6. The van der Waals surface area contributed by atoms with Crippen LogP contribution in [0.3, 0.4) is 0 Å². The molecule has 3 aliphatic heterocycles. The van der Waals surface area contributed by atoms with E-state index in [-0.39, 0.29) is 47.6 Å². The maximum Gasteiger partial charge on any atom is 0.310 e. The molecule has 4 rings (SSSR count). The van der Waals surface area contributed by atoms with E-state index in [2.05, 4.69) is 22.5 Å². The second-order valence-corrected chi connectivity index (χ2v) is 13.0. The van der Waals surface area contributed by atoms with Gasteiger partial charge in [-0.1, -0.05) is 47.5 Å². The van der Waals surface area contributed by atoms with E-state index in [9.17, 15) is 19.5 Å². The van der Waals surface area contributed by atoms with Crippen molar-refractivity contribution in [1.29, 1.82) is 0 Å². The normalized spacial score (nSPS) is 31.5. The third kappa shape index (κ3) is 4.29. The first kappa shape index (κ1) is 27.5. The van der Waals surface area contributed by atoms with E-state index in [1.54, 1.807) is 58.8 Å². The fourth-order valence-corrected chi connectivity index (χ4v) is 9.76. The summed E-state index contributed by atoms with van der Waals surface area (Å²) in [7, 11) is 0. The Balaban J connectivity index is 1.85. The zero-order chi connectivity index (χ0) is 26.4. The van der Waals surface area contributed by atoms with Crippen molar-refractivity contribution < 1.29 is 24.2 Å². The van der Waals surface area contributed by atoms with Crippen LogP contribution in [0.25, 0.3) is 0 Å². The number of anilines is 1. The predicted octanol–water partition coefficient (Wildman–Crippen LogP) is 3.90. The Kier molecular flexibility index (Phi) is 8.15. The summed E-state index contributed by atoms with van der Waals surface area (Å²) in [6, 6.07) is 5.52. The molecular formula is C26H32BrClN2O5S. The topological polar surface area (TPSA) is 87.2 Å². The van der Waals surface area contributed by atoms with Crippen molar-refractivity contribution in [1.82, 2.24) is 4.90 Å². The van der Waals surface area contributed by atoms with Gasteiger partial charge in [0.15, 0.2) is 0 Å². The van der Waals surface area contributed by atoms with Crippen molar-refractivity contribution in [2.45, 2.75) is 54.1 Å². The molecular weight excluding hydrogens is 568 g/mol. The van der Waals surface area contributed by atoms with Crippen LogP contribution in [0.2, 0.25) is 5.02 Å². The molecule has 1 spiro atoms. The van der Waals surface area contributed by atoms with E-state index >= 15 is 0 Å². The molecule has 10 heteroatoms. The van der Waals surface area contributed by atoms with Crippen LogP contribution >= 0.6 is 39.3 Å². The molecule has 3 aliphatic rings. The summed E-state index contributed by atoms with van der Waals surface area (Å²) in [6.07, 6.45) is 2.20. The smallest absolute Gasteiger partial charge is 0.310 e. The van der Waals surface area contributed by atoms with Crippen LogP contribution in [-0.4, -0.2) is 74.5 Å². The van der Waals surface area contributed by atoms with Gasteiger partial charge in [0, 0.05) is 27.3 Å². The summed E-state index contributed by atoms with van der Waals surface area (Å²) in [5.41, 5.74) is 0.636. The average molecular weight is 600 g/mol. The van der Waals surface area contributed by atoms with Gasteiger partial charge in [0.25, 0.3) is 5.91 Å². The predicted molar refractivity (Wildman–Crippen MR) is 145 cm³/mol. The molecule has 2 amide bonds. The molecule has 3 saturated heterocycles. The second kappa shape index (κ2) is 10.7. The fourth-order valence-electron chi connectivity index (χ4n) is 6.05. The maximum absolute atomic E-state index is 14.5. The number of benzene rings is 1. The number of amides is 2. The molecule has 1 N–H and O–H groups in total. The number of thioether (sulfide) groups is 1. The van der Waals surface area contributed by atoms with Crippen LogP contribution in [0.4, 0.5) is 5.69 Å². The number of aliphatic hydroxyl groups is 1. The molecule has 0 aromatic heterocycles. The number of nitrogens with zero attached hydrogens (tertiary/aromatic N) is 2. The van der Waals surface area contributed by atoms with Gasteiger partial charge in [0.1, 0.15) is 6.04 Å². The molecule has 3 heterocycles. The summed E-state index contributed by atoms with van der Waals surface area (Å²) >= 11 is 11.4. The highest BCUT2D eigenvalue weighted by Crippen LogP contribution is 2.68. The highest BCUT2D eigenvalue weighted by molar-refractivity contribution is 9.09. The lowest BCUT2D eigenvalue weighted by atomic mass is 9.71. The van der Waals surface area contributed by atoms with Crippen LogP contribution in [0, 0.1) is 17.8 Å². The molecule has 0 radical (unpaired) electrons. The zero-order valence-electron chi connectivity index (χ0n) is 20.6. The van der Waals surface area contributed by atoms with Gasteiger partial charge in [-0.25, -0.2) is 0 Å². The van der Waals surface area contributed by atoms with Gasteiger partial charge < -0.3 is 19.6 Å². The lowest BCUT2D eigenvalue weighted by Gasteiger charge is -2.40. The lowest BCUT2D eigenvalue weighted by molar-refractivity contribution is -0.154. The summed E-state index contributed by atoms with van der Waals surface area (Å²) in [6.45, 7) is 9.58. The second-order valence-electron chi connectivity index (χ2n) is 9.87. The molecule has 0 saturated carbocycles. The third-order valence-corrected chi connectivity index (χ3v) is 11.0. The summed E-state index contributed by atoms with van der Waals surface area (Å²) in [4.78, 5) is 44.9. The summed E-state index contributed by atoms with van der Waals surface area (Å²) in [5, 5.41) is 10.7. The maximum atomic E-state index is 14.5. The number of esters is 1. The molecule has 3 unspecified atom stereocenters. The van der Waals surface area contributed by atoms with Crippen molar-refractivity contribution in [3.8, 4) is 0 Å². The molecule has 0 aliphatic carbocycles.